The van der Waals surface area contributed by atoms with Crippen LogP contribution in [-0.2, 0) is 11.2 Å². The monoisotopic (exact) mass is 375 g/mol. The molecule has 1 aromatic carbocycles. The molecular weight excluding hydrogens is 346 g/mol. The molecule has 3 rings (SSSR count). The molecular formula is C20H29N3O2S. The third-order valence-corrected chi connectivity index (χ3v) is 5.85. The molecule has 0 bridgehead atoms. The van der Waals surface area contributed by atoms with Crippen LogP contribution < -0.4 is 5.32 Å². The summed E-state index contributed by atoms with van der Waals surface area (Å²) in [5.41, 5.74) is 2.42. The van der Waals surface area contributed by atoms with Crippen LogP contribution in [0.1, 0.15) is 24.8 Å². The molecule has 1 aliphatic heterocycles. The first kappa shape index (κ1) is 19.3. The van der Waals surface area contributed by atoms with Gasteiger partial charge in [-0.15, -0.1) is 0 Å². The van der Waals surface area contributed by atoms with E-state index in [4.69, 9.17) is 0 Å². The Morgan fingerprint density at radius 2 is 2.27 bits per heavy atom. The number of hydrogen-bond acceptors (Lipinski definition) is 4. The van der Waals surface area contributed by atoms with E-state index in [0.717, 1.165) is 43.6 Å². The predicted molar refractivity (Wildman–Crippen MR) is 109 cm³/mol. The van der Waals surface area contributed by atoms with E-state index < -0.39 is 0 Å². The van der Waals surface area contributed by atoms with Gasteiger partial charge in [0.25, 0.3) is 0 Å². The molecule has 1 amide bonds. The molecule has 2 aromatic rings. The van der Waals surface area contributed by atoms with Crippen LogP contribution in [0.4, 0.5) is 0 Å². The van der Waals surface area contributed by atoms with Crippen LogP contribution in [0.2, 0.25) is 0 Å². The molecule has 5 nitrogen and oxygen atoms in total. The van der Waals surface area contributed by atoms with E-state index >= 15 is 0 Å². The smallest absolute Gasteiger partial charge is 0.224 e. The SMILES string of the molecule is CSCC[C@@H](CO)NC1CCN(CCc2c[nH]c3ccccc23)C(=O)C1. The molecule has 3 N–H and O–H groups in total. The molecule has 1 aromatic heterocycles. The number of carbonyl (C=O) groups excluding carboxylic acids is 1. The molecule has 0 radical (unpaired) electrons. The minimum Gasteiger partial charge on any atom is -0.395 e. The first-order valence-electron chi connectivity index (χ1n) is 9.40. The Balaban J connectivity index is 1.49. The Kier molecular flexibility index (Phi) is 7.00. The number of aliphatic hydroxyl groups excluding tert-OH is 1. The molecule has 0 aliphatic carbocycles. The second kappa shape index (κ2) is 9.44. The van der Waals surface area contributed by atoms with Crippen LogP contribution in [0.25, 0.3) is 10.9 Å². The highest BCUT2D eigenvalue weighted by molar-refractivity contribution is 7.98. The lowest BCUT2D eigenvalue weighted by Gasteiger charge is -2.34. The van der Waals surface area contributed by atoms with Crippen molar-refractivity contribution >= 4 is 28.6 Å². The second-order valence-electron chi connectivity index (χ2n) is 7.01. The van der Waals surface area contributed by atoms with E-state index in [0.29, 0.717) is 6.42 Å². The fraction of sp³-hybridized carbons (Fsp3) is 0.550. The molecule has 1 unspecified atom stereocenters. The number of aromatic amines is 1. The van der Waals surface area contributed by atoms with E-state index in [1.807, 2.05) is 11.0 Å². The zero-order chi connectivity index (χ0) is 18.4. The van der Waals surface area contributed by atoms with Gasteiger partial charge in [-0.1, -0.05) is 18.2 Å². The number of nitrogens with one attached hydrogen (secondary N) is 2. The number of hydrogen-bond donors (Lipinski definition) is 3. The molecule has 2 atom stereocenters. The Morgan fingerprint density at radius 3 is 3.04 bits per heavy atom. The zero-order valence-corrected chi connectivity index (χ0v) is 16.2. The van der Waals surface area contributed by atoms with Gasteiger partial charge in [0.05, 0.1) is 6.61 Å². The summed E-state index contributed by atoms with van der Waals surface area (Å²) in [7, 11) is 0. The van der Waals surface area contributed by atoms with Crippen molar-refractivity contribution in [2.24, 2.45) is 0 Å². The van der Waals surface area contributed by atoms with Crippen molar-refractivity contribution < 1.29 is 9.90 Å². The lowest BCUT2D eigenvalue weighted by molar-refractivity contribution is -0.134. The number of H-pyrrole nitrogens is 1. The lowest BCUT2D eigenvalue weighted by atomic mass is 10.0. The van der Waals surface area contributed by atoms with Gasteiger partial charge in [0, 0.05) is 48.7 Å². The van der Waals surface area contributed by atoms with E-state index in [-0.39, 0.29) is 24.6 Å². The quantitative estimate of drug-likeness (QED) is 0.630. The van der Waals surface area contributed by atoms with Crippen LogP contribution in [0, 0.1) is 0 Å². The van der Waals surface area contributed by atoms with Crippen molar-refractivity contribution in [3.05, 3.63) is 36.0 Å². The summed E-state index contributed by atoms with van der Waals surface area (Å²) in [6.45, 7) is 1.69. The van der Waals surface area contributed by atoms with Crippen molar-refractivity contribution in [1.82, 2.24) is 15.2 Å². The highest BCUT2D eigenvalue weighted by Crippen LogP contribution is 2.20. The average Bonchev–Trinajstić information content (AvgIpc) is 3.07. The number of aliphatic hydroxyl groups is 1. The minimum atomic E-state index is 0.0954. The summed E-state index contributed by atoms with van der Waals surface area (Å²) in [6, 6.07) is 8.57. The molecule has 1 saturated heterocycles. The third-order valence-electron chi connectivity index (χ3n) is 5.21. The Bertz CT molecular complexity index is 718. The Labute approximate surface area is 159 Å². The van der Waals surface area contributed by atoms with Crippen molar-refractivity contribution in [3.63, 3.8) is 0 Å². The standard InChI is InChI=1S/C20H29N3O2S/c1-26-11-8-17(14-24)22-16-7-10-23(20(25)12-16)9-6-15-13-21-19-5-3-2-4-18(15)19/h2-5,13,16-17,21-22,24H,6-12,14H2,1H3/t16?,17-/m0/s1. The van der Waals surface area contributed by atoms with Crippen molar-refractivity contribution in [1.29, 1.82) is 0 Å². The lowest BCUT2D eigenvalue weighted by Crippen LogP contribution is -2.50. The van der Waals surface area contributed by atoms with Gasteiger partial charge in [-0.25, -0.2) is 0 Å². The van der Waals surface area contributed by atoms with Crippen LogP contribution in [-0.4, -0.2) is 64.7 Å². The van der Waals surface area contributed by atoms with Crippen LogP contribution >= 0.6 is 11.8 Å². The summed E-state index contributed by atoms with van der Waals surface area (Å²) in [6.07, 6.45) is 7.43. The van der Waals surface area contributed by atoms with Crippen molar-refractivity contribution in [3.8, 4) is 0 Å². The van der Waals surface area contributed by atoms with Gasteiger partial charge in [0.1, 0.15) is 0 Å². The summed E-state index contributed by atoms with van der Waals surface area (Å²) < 4.78 is 0. The molecule has 6 heteroatoms. The predicted octanol–water partition coefficient (Wildman–Crippen LogP) is 2.40. The largest absolute Gasteiger partial charge is 0.395 e. The number of para-hydroxylation sites is 1. The maximum Gasteiger partial charge on any atom is 0.224 e. The fourth-order valence-corrected chi connectivity index (χ4v) is 4.19. The van der Waals surface area contributed by atoms with Gasteiger partial charge in [-0.3, -0.25) is 4.79 Å². The van der Waals surface area contributed by atoms with Gasteiger partial charge in [0.2, 0.25) is 5.91 Å². The van der Waals surface area contributed by atoms with Gasteiger partial charge < -0.3 is 20.3 Å². The molecule has 1 fully saturated rings. The number of amides is 1. The number of nitrogens with zero attached hydrogens (tertiary/aromatic N) is 1. The summed E-state index contributed by atoms with van der Waals surface area (Å²) in [5, 5.41) is 14.2. The Morgan fingerprint density at radius 1 is 1.42 bits per heavy atom. The third kappa shape index (κ3) is 4.81. The molecule has 26 heavy (non-hydrogen) atoms. The number of thioether (sulfide) groups is 1. The van der Waals surface area contributed by atoms with E-state index in [9.17, 15) is 9.90 Å². The fourth-order valence-electron chi connectivity index (χ4n) is 3.67. The van der Waals surface area contributed by atoms with Crippen LogP contribution in [0.15, 0.2) is 30.5 Å². The molecule has 0 spiro atoms. The number of likely N-dealkylation sites (tertiary alicyclic amines) is 1. The van der Waals surface area contributed by atoms with Crippen molar-refractivity contribution in [2.45, 2.75) is 37.8 Å². The number of rotatable bonds is 9. The molecule has 1 aliphatic rings. The molecule has 0 saturated carbocycles. The normalized spacial score (nSPS) is 19.2. The zero-order valence-electron chi connectivity index (χ0n) is 15.4. The maximum atomic E-state index is 12.5. The van der Waals surface area contributed by atoms with E-state index in [2.05, 4.69) is 41.0 Å². The van der Waals surface area contributed by atoms with Crippen LogP contribution in [0.3, 0.4) is 0 Å². The maximum absolute atomic E-state index is 12.5. The minimum absolute atomic E-state index is 0.0954. The average molecular weight is 376 g/mol. The summed E-state index contributed by atoms with van der Waals surface area (Å²) >= 11 is 1.79. The van der Waals surface area contributed by atoms with E-state index in [1.54, 1.807) is 11.8 Å². The number of piperidine rings is 1. The number of fused-ring (bicyclic) bond motifs is 1. The first-order chi connectivity index (χ1) is 12.7. The Hall–Kier alpha value is -1.50. The van der Waals surface area contributed by atoms with Gasteiger partial charge >= 0.3 is 0 Å². The second-order valence-corrected chi connectivity index (χ2v) is 7.99. The van der Waals surface area contributed by atoms with Crippen molar-refractivity contribution in [2.75, 3.05) is 31.7 Å². The van der Waals surface area contributed by atoms with Gasteiger partial charge in [-0.05, 0) is 42.9 Å². The summed E-state index contributed by atoms with van der Waals surface area (Å²) in [5.74, 6) is 1.24. The topological polar surface area (TPSA) is 68.4 Å². The number of benzene rings is 1. The first-order valence-corrected chi connectivity index (χ1v) is 10.8. The number of carbonyl (C=O) groups is 1. The van der Waals surface area contributed by atoms with E-state index in [1.165, 1.54) is 10.9 Å². The molecule has 2 heterocycles. The highest BCUT2D eigenvalue weighted by Gasteiger charge is 2.27. The summed E-state index contributed by atoms with van der Waals surface area (Å²) in [4.78, 5) is 17.8. The molecule has 142 valence electrons. The van der Waals surface area contributed by atoms with Crippen LogP contribution in [0.5, 0.6) is 0 Å². The van der Waals surface area contributed by atoms with Gasteiger partial charge in [0.15, 0.2) is 0 Å². The van der Waals surface area contributed by atoms with Gasteiger partial charge in [-0.2, -0.15) is 11.8 Å². The number of aromatic nitrogens is 1. The highest BCUT2D eigenvalue weighted by atomic mass is 32.2.